The van der Waals surface area contributed by atoms with Crippen LogP contribution in [0.3, 0.4) is 0 Å². The summed E-state index contributed by atoms with van der Waals surface area (Å²) in [6.07, 6.45) is 0. The smallest absolute Gasteiger partial charge is 0.0579 e. The van der Waals surface area contributed by atoms with Gasteiger partial charge in [-0.05, 0) is 29.3 Å². The van der Waals surface area contributed by atoms with Crippen LogP contribution < -0.4 is 5.32 Å². The largest absolute Gasteiger partial charge is 0.302 e. The van der Waals surface area contributed by atoms with Gasteiger partial charge in [0.25, 0.3) is 0 Å². The van der Waals surface area contributed by atoms with Crippen LogP contribution in [0.1, 0.15) is 12.5 Å². The van der Waals surface area contributed by atoms with E-state index in [4.69, 9.17) is 0 Å². The second-order valence-corrected chi connectivity index (χ2v) is 2.94. The van der Waals surface area contributed by atoms with Crippen LogP contribution in [0.5, 0.6) is 0 Å². The molecule has 1 N–H and O–H groups in total. The third-order valence-corrected chi connectivity index (χ3v) is 2.03. The highest BCUT2D eigenvalue weighted by atomic mass is 32.1. The van der Waals surface area contributed by atoms with E-state index in [9.17, 15) is 0 Å². The highest BCUT2D eigenvalue weighted by Gasteiger charge is 1.88. The van der Waals surface area contributed by atoms with Gasteiger partial charge in [-0.2, -0.15) is 11.3 Å². The zero-order valence-corrected chi connectivity index (χ0v) is 7.37. The fourth-order valence-corrected chi connectivity index (χ4v) is 1.42. The second-order valence-electron chi connectivity index (χ2n) is 2.16. The Morgan fingerprint density at radius 3 is 3.18 bits per heavy atom. The number of hydrogen-bond donors (Lipinski definition) is 1. The topological polar surface area (TPSA) is 12.0 Å². The Balaban J connectivity index is 2.17. The molecule has 0 saturated carbocycles. The molecule has 1 rings (SSSR count). The van der Waals surface area contributed by atoms with Gasteiger partial charge in [0, 0.05) is 6.54 Å². The first-order chi connectivity index (χ1) is 5.43. The van der Waals surface area contributed by atoms with Gasteiger partial charge in [-0.3, -0.25) is 0 Å². The summed E-state index contributed by atoms with van der Waals surface area (Å²) < 4.78 is 0. The minimum atomic E-state index is 0.784. The van der Waals surface area contributed by atoms with Crippen molar-refractivity contribution >= 4 is 11.3 Å². The van der Waals surface area contributed by atoms with E-state index in [-0.39, 0.29) is 0 Å². The third kappa shape index (κ3) is 3.22. The van der Waals surface area contributed by atoms with E-state index in [1.54, 1.807) is 11.3 Å². The fraction of sp³-hybridized carbons (Fsp3) is 0.333. The fourth-order valence-electron chi connectivity index (χ4n) is 0.751. The molecule has 2 heteroatoms. The Hall–Kier alpha value is -0.780. The van der Waals surface area contributed by atoms with Gasteiger partial charge in [0.2, 0.25) is 0 Å². The van der Waals surface area contributed by atoms with Crippen molar-refractivity contribution in [3.8, 4) is 11.8 Å². The van der Waals surface area contributed by atoms with E-state index in [1.165, 1.54) is 5.56 Å². The van der Waals surface area contributed by atoms with Crippen molar-refractivity contribution in [1.29, 1.82) is 0 Å². The summed E-state index contributed by atoms with van der Waals surface area (Å²) >= 11 is 1.73. The molecule has 0 unspecified atom stereocenters. The Bertz CT molecular complexity index is 240. The summed E-state index contributed by atoms with van der Waals surface area (Å²) in [6, 6.07) is 2.12. The molecule has 58 valence electrons. The Labute approximate surface area is 71.4 Å². The van der Waals surface area contributed by atoms with Gasteiger partial charge in [0.15, 0.2) is 0 Å². The normalized spacial score (nSPS) is 8.82. The number of thiophene rings is 1. The van der Waals surface area contributed by atoms with E-state index in [0.29, 0.717) is 0 Å². The van der Waals surface area contributed by atoms with Crippen LogP contribution >= 0.6 is 11.3 Å². The van der Waals surface area contributed by atoms with Crippen LogP contribution in [-0.4, -0.2) is 6.54 Å². The minimum Gasteiger partial charge on any atom is -0.302 e. The minimum absolute atomic E-state index is 0.784. The van der Waals surface area contributed by atoms with Crippen molar-refractivity contribution in [3.63, 3.8) is 0 Å². The molecular weight excluding hydrogens is 154 g/mol. The molecule has 0 aromatic carbocycles. The highest BCUT2D eigenvalue weighted by molar-refractivity contribution is 7.07. The summed E-state index contributed by atoms with van der Waals surface area (Å²) in [5.41, 5.74) is 1.34. The number of nitrogens with one attached hydrogen (secondary N) is 1. The van der Waals surface area contributed by atoms with Crippen LogP contribution in [0.25, 0.3) is 0 Å². The van der Waals surface area contributed by atoms with E-state index in [0.717, 1.165) is 13.1 Å². The summed E-state index contributed by atoms with van der Waals surface area (Å²) in [5, 5.41) is 7.45. The average Bonchev–Trinajstić information content (AvgIpc) is 2.50. The molecule has 0 aliphatic carbocycles. The first kappa shape index (κ1) is 8.32. The molecule has 11 heavy (non-hydrogen) atoms. The molecule has 1 heterocycles. The maximum absolute atomic E-state index is 3.22. The molecular formula is C9H11NS. The first-order valence-electron chi connectivity index (χ1n) is 3.55. The monoisotopic (exact) mass is 165 g/mol. The van der Waals surface area contributed by atoms with E-state index in [1.807, 2.05) is 6.92 Å². The molecule has 0 aliphatic heterocycles. The second kappa shape index (κ2) is 4.95. The van der Waals surface area contributed by atoms with Gasteiger partial charge in [-0.15, -0.1) is 5.92 Å². The van der Waals surface area contributed by atoms with E-state index in [2.05, 4.69) is 34.0 Å². The molecule has 0 amide bonds. The van der Waals surface area contributed by atoms with Crippen LogP contribution in [0.15, 0.2) is 16.8 Å². The van der Waals surface area contributed by atoms with Crippen molar-refractivity contribution in [2.75, 3.05) is 6.54 Å². The van der Waals surface area contributed by atoms with Crippen molar-refractivity contribution in [2.24, 2.45) is 0 Å². The SMILES string of the molecule is CC#CCNCc1ccsc1. The van der Waals surface area contributed by atoms with Crippen LogP contribution in [0, 0.1) is 11.8 Å². The molecule has 1 aromatic rings. The third-order valence-electron chi connectivity index (χ3n) is 1.30. The molecule has 0 radical (unpaired) electrons. The lowest BCUT2D eigenvalue weighted by Crippen LogP contribution is -2.12. The van der Waals surface area contributed by atoms with Crippen LogP contribution in [0.2, 0.25) is 0 Å². The molecule has 0 aliphatic rings. The maximum Gasteiger partial charge on any atom is 0.0579 e. The quantitative estimate of drug-likeness (QED) is 0.532. The maximum atomic E-state index is 3.22. The summed E-state index contributed by atoms with van der Waals surface area (Å²) in [7, 11) is 0. The van der Waals surface area contributed by atoms with Crippen molar-refractivity contribution in [2.45, 2.75) is 13.5 Å². The predicted molar refractivity (Wildman–Crippen MR) is 49.5 cm³/mol. The zero-order valence-electron chi connectivity index (χ0n) is 6.55. The molecule has 0 fully saturated rings. The lowest BCUT2D eigenvalue weighted by molar-refractivity contribution is 0.772. The van der Waals surface area contributed by atoms with Gasteiger partial charge < -0.3 is 5.32 Å². The predicted octanol–water partition coefficient (Wildman–Crippen LogP) is 1.86. The number of hydrogen-bond acceptors (Lipinski definition) is 2. The lowest BCUT2D eigenvalue weighted by atomic mass is 10.3. The molecule has 0 bridgehead atoms. The number of rotatable bonds is 3. The van der Waals surface area contributed by atoms with Gasteiger partial charge in [-0.1, -0.05) is 5.92 Å². The Morgan fingerprint density at radius 2 is 2.55 bits per heavy atom. The summed E-state index contributed by atoms with van der Waals surface area (Å²) in [4.78, 5) is 0. The van der Waals surface area contributed by atoms with Crippen molar-refractivity contribution in [1.82, 2.24) is 5.32 Å². The highest BCUT2D eigenvalue weighted by Crippen LogP contribution is 2.04. The van der Waals surface area contributed by atoms with Gasteiger partial charge in [-0.25, -0.2) is 0 Å². The van der Waals surface area contributed by atoms with Gasteiger partial charge in [0.05, 0.1) is 6.54 Å². The lowest BCUT2D eigenvalue weighted by Gasteiger charge is -1.95. The van der Waals surface area contributed by atoms with Crippen molar-refractivity contribution in [3.05, 3.63) is 22.4 Å². The van der Waals surface area contributed by atoms with Gasteiger partial charge >= 0.3 is 0 Å². The molecule has 1 aromatic heterocycles. The summed E-state index contributed by atoms with van der Waals surface area (Å²) in [6.45, 7) is 3.57. The Morgan fingerprint density at radius 1 is 1.64 bits per heavy atom. The molecule has 1 nitrogen and oxygen atoms in total. The molecule has 0 spiro atoms. The average molecular weight is 165 g/mol. The summed E-state index contributed by atoms with van der Waals surface area (Å²) in [5.74, 6) is 5.79. The molecule has 0 saturated heterocycles. The standard InChI is InChI=1S/C9H11NS/c1-2-3-5-10-7-9-4-6-11-8-9/h4,6,8,10H,5,7H2,1H3. The van der Waals surface area contributed by atoms with Gasteiger partial charge in [0.1, 0.15) is 0 Å². The van der Waals surface area contributed by atoms with Crippen LogP contribution in [0.4, 0.5) is 0 Å². The van der Waals surface area contributed by atoms with Crippen molar-refractivity contribution < 1.29 is 0 Å². The van der Waals surface area contributed by atoms with E-state index >= 15 is 0 Å². The Kier molecular flexibility index (Phi) is 3.74. The first-order valence-corrected chi connectivity index (χ1v) is 4.49. The van der Waals surface area contributed by atoms with Crippen LogP contribution in [-0.2, 0) is 6.54 Å². The molecule has 0 atom stereocenters. The van der Waals surface area contributed by atoms with E-state index < -0.39 is 0 Å². The zero-order chi connectivity index (χ0) is 7.94.